The molecule has 3 heterocycles. The molecule has 0 aromatic heterocycles. The second-order valence-electron chi connectivity index (χ2n) is 13.3. The summed E-state index contributed by atoms with van der Waals surface area (Å²) < 4.78 is 24.4. The van der Waals surface area contributed by atoms with Crippen LogP contribution >= 0.6 is 0 Å². The molecule has 2 amide bonds. The van der Waals surface area contributed by atoms with E-state index in [2.05, 4.69) is 61.3 Å². The van der Waals surface area contributed by atoms with E-state index in [9.17, 15) is 9.59 Å². The highest BCUT2D eigenvalue weighted by atomic mass is 16.6. The van der Waals surface area contributed by atoms with Crippen LogP contribution in [0.25, 0.3) is 0 Å². The maximum absolute atomic E-state index is 13.6. The van der Waals surface area contributed by atoms with Gasteiger partial charge < -0.3 is 29.2 Å². The lowest BCUT2D eigenvalue weighted by Gasteiger charge is -2.42. The van der Waals surface area contributed by atoms with E-state index in [0.29, 0.717) is 26.1 Å². The minimum Gasteiger partial charge on any atom is -0.443 e. The third kappa shape index (κ3) is 6.69. The Morgan fingerprint density at radius 3 is 2.43 bits per heavy atom. The van der Waals surface area contributed by atoms with Crippen LogP contribution in [-0.4, -0.2) is 97.3 Å². The second kappa shape index (κ2) is 12.6. The van der Waals surface area contributed by atoms with E-state index in [0.717, 1.165) is 32.5 Å². The van der Waals surface area contributed by atoms with Gasteiger partial charge in [0.1, 0.15) is 29.5 Å². The first-order valence-corrected chi connectivity index (χ1v) is 15.6. The number of carbonyl (C=O) groups is 2. The molecule has 232 valence electrons. The van der Waals surface area contributed by atoms with Crippen molar-refractivity contribution in [1.82, 2.24) is 15.1 Å². The highest BCUT2D eigenvalue weighted by Crippen LogP contribution is 2.59. The van der Waals surface area contributed by atoms with Crippen LogP contribution in [0.4, 0.5) is 4.79 Å². The van der Waals surface area contributed by atoms with Gasteiger partial charge >= 0.3 is 6.09 Å². The molecule has 3 aliphatic heterocycles. The van der Waals surface area contributed by atoms with Crippen LogP contribution in [0.15, 0.2) is 42.0 Å². The van der Waals surface area contributed by atoms with Gasteiger partial charge in [-0.3, -0.25) is 9.69 Å². The number of benzene rings is 1. The fourth-order valence-corrected chi connectivity index (χ4v) is 7.05. The predicted molar refractivity (Wildman–Crippen MR) is 160 cm³/mol. The summed E-state index contributed by atoms with van der Waals surface area (Å²) in [7, 11) is 1.67. The number of rotatable bonds is 10. The summed E-state index contributed by atoms with van der Waals surface area (Å²) in [6.07, 6.45) is 3.15. The molecule has 42 heavy (non-hydrogen) atoms. The van der Waals surface area contributed by atoms with Crippen molar-refractivity contribution in [3.8, 4) is 0 Å². The third-order valence-corrected chi connectivity index (χ3v) is 9.63. The van der Waals surface area contributed by atoms with Crippen LogP contribution in [0.5, 0.6) is 0 Å². The topological polar surface area (TPSA) is 96.2 Å². The summed E-state index contributed by atoms with van der Waals surface area (Å²) in [6.45, 7) is 14.6. The van der Waals surface area contributed by atoms with Crippen molar-refractivity contribution in [1.29, 1.82) is 0 Å². The van der Waals surface area contributed by atoms with Crippen LogP contribution in [0, 0.1) is 11.8 Å². The van der Waals surface area contributed by atoms with Gasteiger partial charge in [-0.25, -0.2) is 4.79 Å². The first-order chi connectivity index (χ1) is 20.1. The zero-order valence-electron chi connectivity index (χ0n) is 26.1. The Hall–Kier alpha value is -2.46. The number of amides is 2. The molecule has 1 aliphatic carbocycles. The molecule has 7 atom stereocenters. The van der Waals surface area contributed by atoms with Gasteiger partial charge in [0.15, 0.2) is 0 Å². The van der Waals surface area contributed by atoms with Gasteiger partial charge in [-0.1, -0.05) is 55.8 Å². The van der Waals surface area contributed by atoms with Gasteiger partial charge in [-0.15, -0.1) is 0 Å². The van der Waals surface area contributed by atoms with Gasteiger partial charge in [0.05, 0.1) is 18.6 Å². The Balaban J connectivity index is 1.18. The molecule has 1 saturated carbocycles. The minimum atomic E-state index is -0.658. The summed E-state index contributed by atoms with van der Waals surface area (Å²) in [5.41, 5.74) is 1.84. The molecule has 5 rings (SSSR count). The zero-order valence-corrected chi connectivity index (χ0v) is 26.1. The van der Waals surface area contributed by atoms with E-state index in [1.165, 1.54) is 11.1 Å². The van der Waals surface area contributed by atoms with Crippen molar-refractivity contribution in [2.75, 3.05) is 39.9 Å². The number of hydrogen-bond donors (Lipinski definition) is 1. The van der Waals surface area contributed by atoms with E-state index < -0.39 is 23.8 Å². The van der Waals surface area contributed by atoms with Gasteiger partial charge in [-0.2, -0.15) is 0 Å². The van der Waals surface area contributed by atoms with E-state index in [-0.39, 0.29) is 35.6 Å². The Labute approximate surface area is 250 Å². The average molecular weight is 584 g/mol. The van der Waals surface area contributed by atoms with Crippen molar-refractivity contribution < 1.29 is 28.5 Å². The number of methoxy groups -OCH3 is 1. The zero-order chi connectivity index (χ0) is 30.1. The smallest absolute Gasteiger partial charge is 0.408 e. The summed E-state index contributed by atoms with van der Waals surface area (Å²) in [4.78, 5) is 31.1. The number of ether oxygens (including phenoxy) is 4. The highest BCUT2D eigenvalue weighted by molar-refractivity contribution is 5.86. The minimum absolute atomic E-state index is 0.0492. The molecule has 0 radical (unpaired) electrons. The number of allylic oxidation sites excluding steroid dienone is 1. The summed E-state index contributed by atoms with van der Waals surface area (Å²) >= 11 is 0. The van der Waals surface area contributed by atoms with E-state index in [1.54, 1.807) is 7.11 Å². The molecule has 9 heteroatoms. The van der Waals surface area contributed by atoms with Crippen molar-refractivity contribution in [2.24, 2.45) is 11.8 Å². The summed E-state index contributed by atoms with van der Waals surface area (Å²) in [5.74, 6) is -0.188. The van der Waals surface area contributed by atoms with E-state index in [1.807, 2.05) is 24.8 Å². The number of carbonyl (C=O) groups excluding carboxylic acids is 2. The monoisotopic (exact) mass is 583 g/mol. The van der Waals surface area contributed by atoms with Gasteiger partial charge in [-0.05, 0) is 51.5 Å². The lowest BCUT2D eigenvalue weighted by Crippen LogP contribution is -2.58. The number of epoxide rings is 2. The normalized spacial score (nSPS) is 33.3. The van der Waals surface area contributed by atoms with Crippen molar-refractivity contribution in [2.45, 2.75) is 96.0 Å². The lowest BCUT2D eigenvalue weighted by molar-refractivity contribution is -0.137. The van der Waals surface area contributed by atoms with E-state index in [4.69, 9.17) is 18.9 Å². The maximum Gasteiger partial charge on any atom is 0.408 e. The molecule has 1 aromatic carbocycles. The van der Waals surface area contributed by atoms with Crippen LogP contribution in [0.2, 0.25) is 0 Å². The molecule has 3 saturated heterocycles. The quantitative estimate of drug-likeness (QED) is 0.327. The second-order valence-corrected chi connectivity index (χ2v) is 13.3. The Morgan fingerprint density at radius 1 is 1.14 bits per heavy atom. The maximum atomic E-state index is 13.6. The summed E-state index contributed by atoms with van der Waals surface area (Å²) in [5, 5.41) is 2.91. The molecular formula is C33H49N3O6. The lowest BCUT2D eigenvalue weighted by atomic mass is 9.68. The largest absolute Gasteiger partial charge is 0.443 e. The first kappa shape index (κ1) is 31.0. The van der Waals surface area contributed by atoms with E-state index >= 15 is 0 Å². The average Bonchev–Trinajstić information content (AvgIpc) is 3.88. The SMILES string of the molecule is CO[C@@H]1[C@H](OC(=O)N[C@@H](C(=O)N2CCN(Cc3ccccc3)CC2)C(C)C)CCC2(CO2)[C@H]1[C@@]1(C)O[C@@H]1CC=C(C)C. The first-order valence-electron chi connectivity index (χ1n) is 15.6. The highest BCUT2D eigenvalue weighted by Gasteiger charge is 2.72. The van der Waals surface area contributed by atoms with Crippen molar-refractivity contribution in [3.63, 3.8) is 0 Å². The molecular weight excluding hydrogens is 534 g/mol. The molecule has 0 bridgehead atoms. The van der Waals surface area contributed by atoms with Gasteiger partial charge in [0.2, 0.25) is 5.91 Å². The van der Waals surface area contributed by atoms with Crippen LogP contribution < -0.4 is 5.32 Å². The number of alkyl carbamates (subject to hydrolysis) is 1. The summed E-state index contributed by atoms with van der Waals surface area (Å²) in [6, 6.07) is 9.72. The molecule has 1 unspecified atom stereocenters. The number of nitrogens with one attached hydrogen (secondary N) is 1. The van der Waals surface area contributed by atoms with Gasteiger partial charge in [0.25, 0.3) is 0 Å². The molecule has 4 fully saturated rings. The van der Waals surface area contributed by atoms with Crippen LogP contribution in [-0.2, 0) is 30.3 Å². The van der Waals surface area contributed by atoms with Crippen LogP contribution in [0.3, 0.4) is 0 Å². The number of nitrogens with zero attached hydrogens (tertiary/aromatic N) is 2. The van der Waals surface area contributed by atoms with Crippen molar-refractivity contribution >= 4 is 12.0 Å². The van der Waals surface area contributed by atoms with Gasteiger partial charge in [0, 0.05) is 39.8 Å². The molecule has 1 N–H and O–H groups in total. The third-order valence-electron chi connectivity index (χ3n) is 9.63. The molecule has 9 nitrogen and oxygen atoms in total. The predicted octanol–water partition coefficient (Wildman–Crippen LogP) is 4.16. The Kier molecular flexibility index (Phi) is 9.33. The Bertz CT molecular complexity index is 1130. The number of piperazine rings is 1. The fraction of sp³-hybridized carbons (Fsp3) is 0.697. The number of hydrogen-bond acceptors (Lipinski definition) is 7. The Morgan fingerprint density at radius 2 is 1.83 bits per heavy atom. The molecule has 1 spiro atoms. The standard InChI is InChI=1S/C33H49N3O6/c1-22(2)12-13-26-32(5,42-26)29-28(39-6)25(14-15-33(29)21-40-33)41-31(38)34-27(23(3)4)30(37)36-18-16-35(17-19-36)20-24-10-8-7-9-11-24/h7-12,23,25-29H,13-21H2,1-6H3,(H,34,38)/t25-,26-,27-,28-,29-,32+,33?/m1/s1. The van der Waals surface area contributed by atoms with Crippen molar-refractivity contribution in [3.05, 3.63) is 47.5 Å². The molecule has 1 aromatic rings. The van der Waals surface area contributed by atoms with Crippen LogP contribution in [0.1, 0.15) is 59.4 Å². The fourth-order valence-electron chi connectivity index (χ4n) is 7.05. The molecule has 4 aliphatic rings.